The Morgan fingerprint density at radius 3 is 2.74 bits per heavy atom. The minimum absolute atomic E-state index is 0.125. The zero-order valence-corrected chi connectivity index (χ0v) is 13.8. The van der Waals surface area contributed by atoms with E-state index >= 15 is 0 Å². The average molecular weight is 341 g/mol. The third-order valence-electron chi connectivity index (χ3n) is 3.08. The SMILES string of the molecule is CC(C)(C)OC(=O)NCC(=O)NC1c2ccsc2/C(=N\O)C1O. The summed E-state index contributed by atoms with van der Waals surface area (Å²) in [4.78, 5) is 24.1. The number of oxime groups is 1. The first kappa shape index (κ1) is 17.2. The van der Waals surface area contributed by atoms with Gasteiger partial charge in [0, 0.05) is 0 Å². The number of alkyl carbamates (subject to hydrolysis) is 1. The second-order valence-electron chi connectivity index (χ2n) is 6.04. The van der Waals surface area contributed by atoms with Crippen molar-refractivity contribution in [2.45, 2.75) is 38.5 Å². The quantitative estimate of drug-likeness (QED) is 0.482. The molecule has 1 aliphatic carbocycles. The Morgan fingerprint density at radius 1 is 1.43 bits per heavy atom. The van der Waals surface area contributed by atoms with Gasteiger partial charge in [-0.1, -0.05) is 5.16 Å². The number of nitrogens with one attached hydrogen (secondary N) is 2. The fraction of sp³-hybridized carbons (Fsp3) is 0.500. The zero-order valence-electron chi connectivity index (χ0n) is 13.0. The van der Waals surface area contributed by atoms with Gasteiger partial charge in [-0.15, -0.1) is 11.3 Å². The fourth-order valence-electron chi connectivity index (χ4n) is 2.19. The number of carbonyl (C=O) groups excluding carboxylic acids is 2. The number of hydrogen-bond donors (Lipinski definition) is 4. The van der Waals surface area contributed by atoms with E-state index in [0.29, 0.717) is 10.4 Å². The van der Waals surface area contributed by atoms with Gasteiger partial charge in [0.1, 0.15) is 24.0 Å². The van der Waals surface area contributed by atoms with Gasteiger partial charge in [-0.3, -0.25) is 4.79 Å². The topological polar surface area (TPSA) is 120 Å². The number of fused-ring (bicyclic) bond motifs is 1. The van der Waals surface area contributed by atoms with Crippen LogP contribution in [0.4, 0.5) is 4.79 Å². The van der Waals surface area contributed by atoms with E-state index in [1.54, 1.807) is 32.2 Å². The van der Waals surface area contributed by atoms with Crippen molar-refractivity contribution in [2.24, 2.45) is 5.16 Å². The maximum atomic E-state index is 11.9. The predicted octanol–water partition coefficient (Wildman–Crippen LogP) is 0.983. The van der Waals surface area contributed by atoms with Gasteiger partial charge in [0.25, 0.3) is 0 Å². The Balaban J connectivity index is 1.93. The third-order valence-corrected chi connectivity index (χ3v) is 4.03. The van der Waals surface area contributed by atoms with Crippen molar-refractivity contribution in [3.63, 3.8) is 0 Å². The van der Waals surface area contributed by atoms with Crippen molar-refractivity contribution in [1.29, 1.82) is 0 Å². The highest BCUT2D eigenvalue weighted by molar-refractivity contribution is 7.12. The molecular formula is C14H19N3O5S. The number of thiophene rings is 1. The van der Waals surface area contributed by atoms with Crippen molar-refractivity contribution in [2.75, 3.05) is 6.54 Å². The lowest BCUT2D eigenvalue weighted by atomic mass is 10.1. The summed E-state index contributed by atoms with van der Waals surface area (Å²) < 4.78 is 5.03. The molecule has 0 saturated heterocycles. The Kier molecular flexibility index (Phi) is 4.90. The number of nitrogens with zero attached hydrogens (tertiary/aromatic N) is 1. The number of hydrogen-bond acceptors (Lipinski definition) is 7. The highest BCUT2D eigenvalue weighted by Gasteiger charge is 2.39. The van der Waals surface area contributed by atoms with Crippen LogP contribution in [0.3, 0.4) is 0 Å². The molecule has 4 N–H and O–H groups in total. The number of rotatable bonds is 3. The van der Waals surface area contributed by atoms with Crippen LogP contribution in [0.15, 0.2) is 16.6 Å². The summed E-state index contributed by atoms with van der Waals surface area (Å²) in [5.41, 5.74) is 0.154. The van der Waals surface area contributed by atoms with E-state index in [9.17, 15) is 14.7 Å². The van der Waals surface area contributed by atoms with Crippen molar-refractivity contribution in [3.8, 4) is 0 Å². The molecule has 0 spiro atoms. The smallest absolute Gasteiger partial charge is 0.408 e. The molecule has 0 aromatic carbocycles. The minimum atomic E-state index is -1.13. The maximum absolute atomic E-state index is 11.9. The van der Waals surface area contributed by atoms with Gasteiger partial charge in [0.05, 0.1) is 10.9 Å². The standard InChI is InChI=1S/C14H19N3O5S/c1-14(2,3)22-13(20)15-6-8(18)16-9-7-4-5-23-12(7)10(17-21)11(9)19/h4-5,9,11,19,21H,6H2,1-3H3,(H,15,20)(H,16,18)/b17-10-. The van der Waals surface area contributed by atoms with E-state index in [1.807, 2.05) is 0 Å². The number of amides is 2. The summed E-state index contributed by atoms with van der Waals surface area (Å²) in [5, 5.41) is 28.9. The van der Waals surface area contributed by atoms with E-state index < -0.39 is 29.7 Å². The molecule has 23 heavy (non-hydrogen) atoms. The molecule has 9 heteroatoms. The van der Waals surface area contributed by atoms with Gasteiger partial charge in [0.15, 0.2) is 0 Å². The van der Waals surface area contributed by atoms with E-state index in [1.165, 1.54) is 11.3 Å². The lowest BCUT2D eigenvalue weighted by molar-refractivity contribution is -0.121. The van der Waals surface area contributed by atoms with Crippen molar-refractivity contribution >= 4 is 29.0 Å². The second kappa shape index (κ2) is 6.55. The number of ether oxygens (including phenoxy) is 1. The Labute approximate surface area is 137 Å². The molecular weight excluding hydrogens is 322 g/mol. The minimum Gasteiger partial charge on any atom is -0.444 e. The predicted molar refractivity (Wildman–Crippen MR) is 83.8 cm³/mol. The van der Waals surface area contributed by atoms with Gasteiger partial charge >= 0.3 is 6.09 Å². The Morgan fingerprint density at radius 2 is 2.13 bits per heavy atom. The second-order valence-corrected chi connectivity index (χ2v) is 6.95. The number of carbonyl (C=O) groups is 2. The van der Waals surface area contributed by atoms with E-state index in [0.717, 1.165) is 0 Å². The molecule has 1 aromatic heterocycles. The molecule has 1 heterocycles. The summed E-state index contributed by atoms with van der Waals surface area (Å²) >= 11 is 1.31. The van der Waals surface area contributed by atoms with Gasteiger partial charge in [0.2, 0.25) is 5.91 Å². The van der Waals surface area contributed by atoms with Gasteiger partial charge in [-0.25, -0.2) is 4.79 Å². The fourth-order valence-corrected chi connectivity index (χ4v) is 3.15. The van der Waals surface area contributed by atoms with Crippen molar-refractivity contribution in [1.82, 2.24) is 10.6 Å². The molecule has 1 aromatic rings. The molecule has 2 unspecified atom stereocenters. The van der Waals surface area contributed by atoms with Crippen LogP contribution >= 0.6 is 11.3 Å². The van der Waals surface area contributed by atoms with Gasteiger partial charge < -0.3 is 25.7 Å². The monoisotopic (exact) mass is 341 g/mol. The van der Waals surface area contributed by atoms with Crippen LogP contribution in [-0.2, 0) is 9.53 Å². The molecule has 0 fully saturated rings. The first-order chi connectivity index (χ1) is 10.7. The van der Waals surface area contributed by atoms with Crippen LogP contribution in [0.5, 0.6) is 0 Å². The van der Waals surface area contributed by atoms with Crippen molar-refractivity contribution < 1.29 is 24.6 Å². The van der Waals surface area contributed by atoms with Crippen molar-refractivity contribution in [3.05, 3.63) is 21.9 Å². The largest absolute Gasteiger partial charge is 0.444 e. The lowest BCUT2D eigenvalue weighted by Crippen LogP contribution is -2.43. The molecule has 0 radical (unpaired) electrons. The highest BCUT2D eigenvalue weighted by Crippen LogP contribution is 2.35. The molecule has 2 rings (SSSR count). The molecule has 0 saturated carbocycles. The van der Waals surface area contributed by atoms with Crippen LogP contribution in [0.2, 0.25) is 0 Å². The first-order valence-corrected chi connectivity index (χ1v) is 7.85. The molecule has 126 valence electrons. The first-order valence-electron chi connectivity index (χ1n) is 6.97. The molecule has 1 aliphatic rings. The van der Waals surface area contributed by atoms with Crippen LogP contribution < -0.4 is 10.6 Å². The summed E-state index contributed by atoms with van der Waals surface area (Å²) in [6.45, 7) is 4.86. The molecule has 2 amide bonds. The van der Waals surface area contributed by atoms with Crippen LogP contribution in [-0.4, -0.2) is 46.3 Å². The average Bonchev–Trinajstić information content (AvgIpc) is 2.98. The van der Waals surface area contributed by atoms with Gasteiger partial charge in [-0.2, -0.15) is 0 Å². The van der Waals surface area contributed by atoms with Crippen LogP contribution in [0.25, 0.3) is 0 Å². The molecule has 8 nitrogen and oxygen atoms in total. The van der Waals surface area contributed by atoms with E-state index in [4.69, 9.17) is 9.94 Å². The third kappa shape index (κ3) is 3.99. The van der Waals surface area contributed by atoms with Crippen LogP contribution in [0, 0.1) is 0 Å². The maximum Gasteiger partial charge on any atom is 0.408 e. The summed E-state index contributed by atoms with van der Waals surface area (Å²) in [5.74, 6) is -0.490. The highest BCUT2D eigenvalue weighted by atomic mass is 32.1. The van der Waals surface area contributed by atoms with E-state index in [2.05, 4.69) is 15.8 Å². The number of aliphatic hydroxyl groups excluding tert-OH is 1. The van der Waals surface area contributed by atoms with Crippen LogP contribution in [0.1, 0.15) is 37.3 Å². The Hall–Kier alpha value is -2.13. The Bertz CT molecular complexity index is 635. The summed E-state index contributed by atoms with van der Waals surface area (Å²) in [6, 6.07) is 1.03. The molecule has 2 atom stereocenters. The lowest BCUT2D eigenvalue weighted by Gasteiger charge is -2.20. The van der Waals surface area contributed by atoms with E-state index in [-0.39, 0.29) is 12.3 Å². The molecule has 0 aliphatic heterocycles. The summed E-state index contributed by atoms with van der Waals surface area (Å²) in [7, 11) is 0. The van der Waals surface area contributed by atoms with Gasteiger partial charge in [-0.05, 0) is 37.8 Å². The number of aliphatic hydroxyl groups is 1. The molecule has 0 bridgehead atoms. The summed E-state index contributed by atoms with van der Waals surface area (Å²) in [6.07, 6.45) is -1.83. The zero-order chi connectivity index (χ0) is 17.2. The normalized spacial score (nSPS) is 21.8.